The summed E-state index contributed by atoms with van der Waals surface area (Å²) in [4.78, 5) is 30.8. The molecule has 2 aromatic rings. The first-order valence-corrected chi connectivity index (χ1v) is 10.00. The molecule has 2 aliphatic carbocycles. The summed E-state index contributed by atoms with van der Waals surface area (Å²) >= 11 is 5.82. The van der Waals surface area contributed by atoms with E-state index in [0.717, 1.165) is 31.2 Å². The van der Waals surface area contributed by atoms with Gasteiger partial charge in [-0.25, -0.2) is 4.98 Å². The Hall–Kier alpha value is -2.44. The van der Waals surface area contributed by atoms with Gasteiger partial charge in [-0.05, 0) is 55.5 Å². The monoisotopic (exact) mass is 398 g/mol. The lowest BCUT2D eigenvalue weighted by Crippen LogP contribution is -2.34. The highest BCUT2D eigenvalue weighted by Crippen LogP contribution is 2.28. The summed E-state index contributed by atoms with van der Waals surface area (Å²) in [5.41, 5.74) is 1.77. The number of aromatic nitrogens is 1. The summed E-state index contributed by atoms with van der Waals surface area (Å²) in [5, 5.41) is 6.34. The Morgan fingerprint density at radius 2 is 1.82 bits per heavy atom. The largest absolute Gasteiger partial charge is 0.349 e. The fourth-order valence-electron chi connectivity index (χ4n) is 3.06. The molecule has 146 valence electrons. The second-order valence-electron chi connectivity index (χ2n) is 7.49. The molecular weight excluding hydrogens is 376 g/mol. The minimum absolute atomic E-state index is 0.0112. The van der Waals surface area contributed by atoms with E-state index in [0.29, 0.717) is 41.6 Å². The van der Waals surface area contributed by atoms with Crippen molar-refractivity contribution < 1.29 is 9.59 Å². The molecule has 2 aliphatic rings. The van der Waals surface area contributed by atoms with Gasteiger partial charge < -0.3 is 10.6 Å². The molecule has 1 heterocycles. The van der Waals surface area contributed by atoms with Crippen LogP contribution in [0, 0.1) is 0 Å². The number of halogens is 1. The van der Waals surface area contributed by atoms with Gasteiger partial charge in [-0.15, -0.1) is 0 Å². The summed E-state index contributed by atoms with van der Waals surface area (Å²) in [6.45, 7) is 0.982. The van der Waals surface area contributed by atoms with Crippen LogP contribution in [0.2, 0.25) is 5.02 Å². The van der Waals surface area contributed by atoms with Gasteiger partial charge in [0.1, 0.15) is 5.82 Å². The molecule has 0 radical (unpaired) electrons. The van der Waals surface area contributed by atoms with Crippen molar-refractivity contribution >= 4 is 29.2 Å². The van der Waals surface area contributed by atoms with Crippen LogP contribution < -0.4 is 10.6 Å². The standard InChI is InChI=1S/C21H23ClN4O2/c22-16-5-10-19(23-11-16)25-20(27)13-26(18-8-9-18)12-14-1-3-15(4-2-14)21(28)24-17-6-7-17/h1-5,10-11,17-18H,6-9,12-13H2,(H,24,28)(H,23,25,27). The van der Waals surface area contributed by atoms with Crippen LogP contribution in [0.25, 0.3) is 0 Å². The molecule has 1 aromatic carbocycles. The van der Waals surface area contributed by atoms with Gasteiger partial charge in [-0.3, -0.25) is 14.5 Å². The highest BCUT2D eigenvalue weighted by Gasteiger charge is 2.30. The topological polar surface area (TPSA) is 74.3 Å². The maximum Gasteiger partial charge on any atom is 0.251 e. The predicted molar refractivity (Wildman–Crippen MR) is 108 cm³/mol. The number of carbonyl (C=O) groups is 2. The number of nitrogens with zero attached hydrogens (tertiary/aromatic N) is 2. The summed E-state index contributed by atoms with van der Waals surface area (Å²) in [7, 11) is 0. The van der Waals surface area contributed by atoms with Crippen molar-refractivity contribution in [3.05, 3.63) is 58.7 Å². The van der Waals surface area contributed by atoms with Crippen LogP contribution in [-0.2, 0) is 11.3 Å². The minimum atomic E-state index is -0.0952. The van der Waals surface area contributed by atoms with Crippen molar-refractivity contribution in [1.82, 2.24) is 15.2 Å². The summed E-state index contributed by atoms with van der Waals surface area (Å²) in [6.07, 6.45) is 5.88. The fourth-order valence-corrected chi connectivity index (χ4v) is 3.17. The van der Waals surface area contributed by atoms with Crippen molar-refractivity contribution in [2.75, 3.05) is 11.9 Å². The van der Waals surface area contributed by atoms with E-state index >= 15 is 0 Å². The van der Waals surface area contributed by atoms with Crippen LogP contribution in [0.5, 0.6) is 0 Å². The molecule has 0 bridgehead atoms. The number of rotatable bonds is 8. The van der Waals surface area contributed by atoms with Gasteiger partial charge in [-0.2, -0.15) is 0 Å². The van der Waals surface area contributed by atoms with Crippen molar-refractivity contribution in [3.63, 3.8) is 0 Å². The maximum absolute atomic E-state index is 12.4. The van der Waals surface area contributed by atoms with E-state index < -0.39 is 0 Å². The normalized spacial score (nSPS) is 16.1. The van der Waals surface area contributed by atoms with Gasteiger partial charge in [0, 0.05) is 30.4 Å². The highest BCUT2D eigenvalue weighted by atomic mass is 35.5. The zero-order valence-electron chi connectivity index (χ0n) is 15.5. The highest BCUT2D eigenvalue weighted by molar-refractivity contribution is 6.30. The average Bonchev–Trinajstić information content (AvgIpc) is 3.58. The molecule has 0 atom stereocenters. The van der Waals surface area contributed by atoms with Crippen molar-refractivity contribution in [1.29, 1.82) is 0 Å². The number of amides is 2. The third-order valence-electron chi connectivity index (χ3n) is 4.92. The van der Waals surface area contributed by atoms with Crippen molar-refractivity contribution in [3.8, 4) is 0 Å². The van der Waals surface area contributed by atoms with Crippen LogP contribution in [-0.4, -0.2) is 40.3 Å². The average molecular weight is 399 g/mol. The molecule has 2 N–H and O–H groups in total. The first-order valence-electron chi connectivity index (χ1n) is 9.62. The van der Waals surface area contributed by atoms with E-state index in [1.165, 1.54) is 6.20 Å². The quantitative estimate of drug-likeness (QED) is 0.716. The minimum Gasteiger partial charge on any atom is -0.349 e. The zero-order valence-corrected chi connectivity index (χ0v) is 16.3. The molecular formula is C21H23ClN4O2. The second-order valence-corrected chi connectivity index (χ2v) is 7.93. The Balaban J connectivity index is 1.33. The summed E-state index contributed by atoms with van der Waals surface area (Å²) in [6, 6.07) is 11.8. The fraction of sp³-hybridized carbons (Fsp3) is 0.381. The lowest BCUT2D eigenvalue weighted by Gasteiger charge is -2.21. The summed E-state index contributed by atoms with van der Waals surface area (Å²) < 4.78 is 0. The maximum atomic E-state index is 12.4. The molecule has 0 spiro atoms. The molecule has 2 amide bonds. The Morgan fingerprint density at radius 1 is 1.07 bits per heavy atom. The van der Waals surface area contributed by atoms with Gasteiger partial charge in [0.2, 0.25) is 5.91 Å². The SMILES string of the molecule is O=C(CN(Cc1ccc(C(=O)NC2CC2)cc1)C1CC1)Nc1ccc(Cl)cn1. The van der Waals surface area contributed by atoms with Crippen LogP contribution in [0.15, 0.2) is 42.6 Å². The molecule has 1 aromatic heterocycles. The second kappa shape index (κ2) is 8.29. The van der Waals surface area contributed by atoms with Gasteiger partial charge >= 0.3 is 0 Å². The third-order valence-corrected chi connectivity index (χ3v) is 5.14. The first-order chi connectivity index (χ1) is 13.6. The predicted octanol–water partition coefficient (Wildman–Crippen LogP) is 3.23. The van der Waals surface area contributed by atoms with E-state index in [-0.39, 0.29) is 11.8 Å². The smallest absolute Gasteiger partial charge is 0.251 e. The van der Waals surface area contributed by atoms with Crippen molar-refractivity contribution in [2.24, 2.45) is 0 Å². The third kappa shape index (κ3) is 5.30. The molecule has 2 saturated carbocycles. The molecule has 0 unspecified atom stereocenters. The molecule has 6 nitrogen and oxygen atoms in total. The lowest BCUT2D eigenvalue weighted by atomic mass is 10.1. The Kier molecular flexibility index (Phi) is 5.59. The van der Waals surface area contributed by atoms with Gasteiger partial charge in [0.15, 0.2) is 0 Å². The Bertz CT molecular complexity index is 846. The van der Waals surface area contributed by atoms with E-state index in [9.17, 15) is 9.59 Å². The van der Waals surface area contributed by atoms with Crippen LogP contribution in [0.1, 0.15) is 41.6 Å². The van der Waals surface area contributed by atoms with Gasteiger partial charge in [-0.1, -0.05) is 23.7 Å². The van der Waals surface area contributed by atoms with Crippen LogP contribution in [0.3, 0.4) is 0 Å². The van der Waals surface area contributed by atoms with E-state index in [1.54, 1.807) is 12.1 Å². The number of pyridine rings is 1. The number of carbonyl (C=O) groups excluding carboxylic acids is 2. The Labute approximate surface area is 169 Å². The van der Waals surface area contributed by atoms with Crippen molar-refractivity contribution in [2.45, 2.75) is 44.3 Å². The summed E-state index contributed by atoms with van der Waals surface area (Å²) in [5.74, 6) is 0.390. The van der Waals surface area contributed by atoms with E-state index in [1.807, 2.05) is 24.3 Å². The van der Waals surface area contributed by atoms with Crippen LogP contribution in [0.4, 0.5) is 5.82 Å². The van der Waals surface area contributed by atoms with Gasteiger partial charge in [0.25, 0.3) is 5.91 Å². The molecule has 28 heavy (non-hydrogen) atoms. The number of anilines is 1. The first kappa shape index (κ1) is 18.9. The molecule has 0 saturated heterocycles. The molecule has 0 aliphatic heterocycles. The molecule has 7 heteroatoms. The number of nitrogens with one attached hydrogen (secondary N) is 2. The van der Waals surface area contributed by atoms with E-state index in [4.69, 9.17) is 11.6 Å². The zero-order chi connectivity index (χ0) is 19.5. The lowest BCUT2D eigenvalue weighted by molar-refractivity contribution is -0.117. The molecule has 2 fully saturated rings. The van der Waals surface area contributed by atoms with Crippen LogP contribution >= 0.6 is 11.6 Å². The Morgan fingerprint density at radius 3 is 2.43 bits per heavy atom. The molecule has 4 rings (SSSR count). The number of hydrogen-bond donors (Lipinski definition) is 2. The van der Waals surface area contributed by atoms with E-state index in [2.05, 4.69) is 20.5 Å². The van der Waals surface area contributed by atoms with Gasteiger partial charge in [0.05, 0.1) is 11.6 Å². The number of hydrogen-bond acceptors (Lipinski definition) is 4. The number of benzene rings is 1.